The fraction of sp³-hybridized carbons (Fsp3) is 0.350. The fourth-order valence-corrected chi connectivity index (χ4v) is 3.32. The summed E-state index contributed by atoms with van der Waals surface area (Å²) in [5, 5.41) is 14.3. The summed E-state index contributed by atoms with van der Waals surface area (Å²) in [6.07, 6.45) is 0. The lowest BCUT2D eigenvalue weighted by Gasteiger charge is -2.37. The van der Waals surface area contributed by atoms with Gasteiger partial charge in [0.1, 0.15) is 18.9 Å². The van der Waals surface area contributed by atoms with E-state index in [1.807, 2.05) is 51.2 Å². The predicted molar refractivity (Wildman–Crippen MR) is 108 cm³/mol. The highest BCUT2D eigenvalue weighted by molar-refractivity contribution is 6.31. The van der Waals surface area contributed by atoms with Crippen LogP contribution in [-0.2, 0) is 0 Å². The summed E-state index contributed by atoms with van der Waals surface area (Å²) in [7, 11) is 1.84. The van der Waals surface area contributed by atoms with Crippen LogP contribution in [0.3, 0.4) is 0 Å². The number of amidine groups is 1. The lowest BCUT2D eigenvalue weighted by Crippen LogP contribution is -2.56. The number of quaternary nitrogens is 1. The van der Waals surface area contributed by atoms with Crippen LogP contribution >= 0.6 is 11.6 Å². The third-order valence-electron chi connectivity index (χ3n) is 4.63. The van der Waals surface area contributed by atoms with Crippen LogP contribution in [0.5, 0.6) is 0 Å². The van der Waals surface area contributed by atoms with Crippen molar-refractivity contribution in [3.63, 3.8) is 0 Å². The van der Waals surface area contributed by atoms with Crippen LogP contribution in [0, 0.1) is 0 Å². The second-order valence-electron chi connectivity index (χ2n) is 6.54. The van der Waals surface area contributed by atoms with Gasteiger partial charge in [0.2, 0.25) is 0 Å². The molecule has 2 aliphatic heterocycles. The molecule has 1 fully saturated rings. The Hall–Kier alpha value is -2.08. The van der Waals surface area contributed by atoms with E-state index < -0.39 is 0 Å². The Kier molecular flexibility index (Phi) is 5.51. The van der Waals surface area contributed by atoms with Gasteiger partial charge in [0.05, 0.1) is 31.5 Å². The second kappa shape index (κ2) is 7.66. The van der Waals surface area contributed by atoms with E-state index in [1.54, 1.807) is 0 Å². The van der Waals surface area contributed by atoms with Crippen molar-refractivity contribution < 1.29 is 9.85 Å². The summed E-state index contributed by atoms with van der Waals surface area (Å²) in [5.74, 6) is 0.929. The van der Waals surface area contributed by atoms with E-state index in [9.17, 15) is 5.21 Å². The summed E-state index contributed by atoms with van der Waals surface area (Å²) in [6.45, 7) is 6.88. The van der Waals surface area contributed by atoms with Gasteiger partial charge in [0.25, 0.3) is 0 Å². The molecule has 138 valence electrons. The summed E-state index contributed by atoms with van der Waals surface area (Å²) < 4.78 is 0.0616. The zero-order valence-electron chi connectivity index (χ0n) is 15.5. The largest absolute Gasteiger partial charge is 0.353 e. The number of anilines is 2. The maximum absolute atomic E-state index is 10.2. The van der Waals surface area contributed by atoms with Crippen LogP contribution in [0.25, 0.3) is 0 Å². The van der Waals surface area contributed by atoms with Crippen molar-refractivity contribution in [1.29, 1.82) is 0 Å². The van der Waals surface area contributed by atoms with Gasteiger partial charge in [-0.3, -0.25) is 0 Å². The molecule has 2 heterocycles. The highest BCUT2D eigenvalue weighted by Gasteiger charge is 2.31. The van der Waals surface area contributed by atoms with Crippen LogP contribution in [0.15, 0.2) is 47.5 Å². The number of hydrogen-bond donors (Lipinski definition) is 2. The van der Waals surface area contributed by atoms with E-state index in [1.165, 1.54) is 0 Å². The first-order valence-corrected chi connectivity index (χ1v) is 9.47. The Bertz CT molecular complexity index is 809. The van der Waals surface area contributed by atoms with E-state index in [2.05, 4.69) is 22.3 Å². The number of halogens is 1. The average Bonchev–Trinajstić information content (AvgIpc) is 2.80. The number of rotatable bonds is 0. The van der Waals surface area contributed by atoms with Gasteiger partial charge in [0.15, 0.2) is 0 Å². The fourth-order valence-electron chi connectivity index (χ4n) is 3.16. The molecule has 0 spiro atoms. The molecule has 2 aromatic carbocycles. The minimum absolute atomic E-state index is 0.0616. The molecule has 5 nitrogen and oxygen atoms in total. The lowest BCUT2D eigenvalue weighted by molar-refractivity contribution is -1.09. The maximum atomic E-state index is 10.2. The van der Waals surface area contributed by atoms with Crippen molar-refractivity contribution >= 4 is 34.5 Å². The molecule has 0 atom stereocenters. The highest BCUT2D eigenvalue weighted by atomic mass is 35.5. The van der Waals surface area contributed by atoms with E-state index >= 15 is 0 Å². The number of nitrogens with zero attached hydrogens (tertiary/aromatic N) is 3. The summed E-state index contributed by atoms with van der Waals surface area (Å²) in [4.78, 5) is 7.16. The van der Waals surface area contributed by atoms with Crippen molar-refractivity contribution in [3.05, 3.63) is 53.1 Å². The molecular formula is C20H26ClN4O+. The predicted octanol–water partition coefficient (Wildman–Crippen LogP) is 4.65. The topological polar surface area (TPSA) is 47.9 Å². The minimum atomic E-state index is 0.0616. The van der Waals surface area contributed by atoms with Gasteiger partial charge in [-0.2, -0.15) is 4.65 Å². The molecule has 0 unspecified atom stereocenters. The van der Waals surface area contributed by atoms with Gasteiger partial charge in [-0.1, -0.05) is 37.6 Å². The molecule has 26 heavy (non-hydrogen) atoms. The van der Waals surface area contributed by atoms with Crippen molar-refractivity contribution in [2.45, 2.75) is 13.8 Å². The number of piperazine rings is 1. The minimum Gasteiger partial charge on any atom is -0.353 e. The zero-order valence-corrected chi connectivity index (χ0v) is 16.3. The Labute approximate surface area is 160 Å². The zero-order chi connectivity index (χ0) is 18.7. The van der Waals surface area contributed by atoms with E-state index in [0.717, 1.165) is 41.6 Å². The van der Waals surface area contributed by atoms with Crippen molar-refractivity contribution in [1.82, 2.24) is 4.90 Å². The number of fused-ring (bicyclic) bond motifs is 2. The molecule has 0 aliphatic carbocycles. The monoisotopic (exact) mass is 373 g/mol. The van der Waals surface area contributed by atoms with Gasteiger partial charge in [-0.05, 0) is 30.3 Å². The van der Waals surface area contributed by atoms with E-state index in [-0.39, 0.29) is 4.65 Å². The number of likely N-dealkylation sites (N-methyl/N-ethyl adjacent to an activating group) is 1. The van der Waals surface area contributed by atoms with E-state index in [4.69, 9.17) is 16.6 Å². The molecule has 2 aliphatic rings. The Morgan fingerprint density at radius 3 is 2.50 bits per heavy atom. The Balaban J connectivity index is 0.000000948. The van der Waals surface area contributed by atoms with Crippen LogP contribution in [-0.4, -0.2) is 53.8 Å². The first-order valence-electron chi connectivity index (χ1n) is 9.09. The van der Waals surface area contributed by atoms with Gasteiger partial charge in [-0.15, -0.1) is 0 Å². The number of benzene rings is 2. The Morgan fingerprint density at radius 2 is 1.77 bits per heavy atom. The SMILES string of the molecule is CC.C[N+]1(O)CCN(C2=Nc3cc(Cl)ccc3Nc3ccccc32)CC1. The highest BCUT2D eigenvalue weighted by Crippen LogP contribution is 2.36. The third kappa shape index (κ3) is 3.85. The molecule has 2 N–H and O–H groups in total. The molecule has 0 bridgehead atoms. The van der Waals surface area contributed by atoms with Gasteiger partial charge < -0.3 is 10.2 Å². The molecule has 0 amide bonds. The van der Waals surface area contributed by atoms with Crippen molar-refractivity contribution in [2.24, 2.45) is 4.99 Å². The lowest BCUT2D eigenvalue weighted by atomic mass is 10.1. The van der Waals surface area contributed by atoms with Gasteiger partial charge >= 0.3 is 0 Å². The second-order valence-corrected chi connectivity index (χ2v) is 6.98. The molecule has 1 saturated heterocycles. The first kappa shape index (κ1) is 18.7. The normalized spacial score (nSPS) is 17.6. The summed E-state index contributed by atoms with van der Waals surface area (Å²) >= 11 is 6.17. The summed E-state index contributed by atoms with van der Waals surface area (Å²) in [6, 6.07) is 13.9. The molecule has 0 aromatic heterocycles. The van der Waals surface area contributed by atoms with Crippen LogP contribution in [0.4, 0.5) is 17.1 Å². The molecule has 4 rings (SSSR count). The van der Waals surface area contributed by atoms with Crippen molar-refractivity contribution in [3.8, 4) is 0 Å². The van der Waals surface area contributed by atoms with Crippen LogP contribution in [0.1, 0.15) is 19.4 Å². The van der Waals surface area contributed by atoms with Crippen LogP contribution < -0.4 is 5.32 Å². The number of aliphatic imine (C=N–C) groups is 1. The molecule has 2 aromatic rings. The molecule has 0 radical (unpaired) electrons. The van der Waals surface area contributed by atoms with E-state index in [0.29, 0.717) is 18.1 Å². The van der Waals surface area contributed by atoms with Crippen molar-refractivity contribution in [2.75, 3.05) is 38.5 Å². The molecule has 6 heteroatoms. The van der Waals surface area contributed by atoms with Crippen LogP contribution in [0.2, 0.25) is 5.02 Å². The first-order chi connectivity index (χ1) is 12.5. The smallest absolute Gasteiger partial charge is 0.139 e. The quantitative estimate of drug-likeness (QED) is 0.660. The van der Waals surface area contributed by atoms with Gasteiger partial charge in [0, 0.05) is 16.3 Å². The Morgan fingerprint density at radius 1 is 1.08 bits per heavy atom. The summed E-state index contributed by atoms with van der Waals surface area (Å²) in [5.41, 5.74) is 3.88. The third-order valence-corrected chi connectivity index (χ3v) is 4.86. The number of para-hydroxylation sites is 1. The average molecular weight is 374 g/mol. The number of hydroxylamine groups is 3. The molecule has 0 saturated carbocycles. The maximum Gasteiger partial charge on any atom is 0.139 e. The molecular weight excluding hydrogens is 348 g/mol. The number of hydrogen-bond acceptors (Lipinski definition) is 4. The van der Waals surface area contributed by atoms with Gasteiger partial charge in [-0.25, -0.2) is 10.2 Å². The number of nitrogens with one attached hydrogen (secondary N) is 1. The standard InChI is InChI=1S/C18H20ClN4O.C2H6/c1-23(24)10-8-22(9-11-23)18-14-4-2-3-5-15(14)20-16-7-6-13(19)12-17(16)21-18;1-2/h2-7,12,20,24H,8-11H2,1H3;1-2H3/q+1;.